The lowest BCUT2D eigenvalue weighted by Crippen LogP contribution is -2.22. The first-order valence-corrected chi connectivity index (χ1v) is 17.5. The minimum atomic E-state index is -0.766. The number of anilines is 2. The lowest BCUT2D eigenvalue weighted by atomic mass is 9.93. The van der Waals surface area contributed by atoms with Crippen LogP contribution in [0.5, 0.6) is 0 Å². The van der Waals surface area contributed by atoms with Gasteiger partial charge in [0.1, 0.15) is 11.6 Å². The topological polar surface area (TPSA) is 153 Å². The Hall–Kier alpha value is -5.57. The number of oxazole rings is 1. The quantitative estimate of drug-likeness (QED) is 0.145. The summed E-state index contributed by atoms with van der Waals surface area (Å²) in [6.45, 7) is 5.88. The predicted molar refractivity (Wildman–Crippen MR) is 193 cm³/mol. The first kappa shape index (κ1) is 32.6. The molecule has 4 heterocycles. The van der Waals surface area contributed by atoms with Crippen LogP contribution in [0.3, 0.4) is 0 Å². The van der Waals surface area contributed by atoms with Gasteiger partial charge in [-0.3, -0.25) is 14.1 Å². The number of aromatic nitrogens is 4. The molecule has 11 nitrogen and oxygen atoms in total. The lowest BCUT2D eigenvalue weighted by molar-refractivity contribution is -0.141. The summed E-state index contributed by atoms with van der Waals surface area (Å²) in [5, 5.41) is 33.0. The maximum Gasteiger partial charge on any atom is 0.307 e. The molecule has 0 spiro atoms. The van der Waals surface area contributed by atoms with Crippen molar-refractivity contribution in [2.75, 3.05) is 18.4 Å². The Balaban J connectivity index is 1.07. The molecule has 51 heavy (non-hydrogen) atoms. The number of nitrogens with zero attached hydrogens (tertiary/aromatic N) is 6. The summed E-state index contributed by atoms with van der Waals surface area (Å²) < 4.78 is 8.37. The molecule has 1 unspecified atom stereocenters. The molecule has 2 aliphatic rings. The molecule has 3 N–H and O–H groups in total. The highest BCUT2D eigenvalue weighted by atomic mass is 16.4. The highest BCUT2D eigenvalue weighted by Gasteiger charge is 2.28. The molecule has 11 heteroatoms. The second-order valence-corrected chi connectivity index (χ2v) is 14.0. The predicted octanol–water partition coefficient (Wildman–Crippen LogP) is 7.05. The molecule has 3 aromatic heterocycles. The first-order chi connectivity index (χ1) is 24.7. The van der Waals surface area contributed by atoms with E-state index in [9.17, 15) is 20.3 Å². The molecule has 0 radical (unpaired) electrons. The molecule has 2 fully saturated rings. The monoisotopic (exact) mass is 681 g/mol. The van der Waals surface area contributed by atoms with Gasteiger partial charge < -0.3 is 19.9 Å². The fourth-order valence-electron chi connectivity index (χ4n) is 7.90. The van der Waals surface area contributed by atoms with E-state index >= 15 is 0 Å². The van der Waals surface area contributed by atoms with Crippen molar-refractivity contribution in [2.45, 2.75) is 58.6 Å². The van der Waals surface area contributed by atoms with Crippen LogP contribution in [0, 0.1) is 37.0 Å². The Morgan fingerprint density at radius 3 is 2.63 bits per heavy atom. The Morgan fingerprint density at radius 1 is 1.06 bits per heavy atom. The van der Waals surface area contributed by atoms with Gasteiger partial charge in [-0.25, -0.2) is 15.0 Å². The summed E-state index contributed by atoms with van der Waals surface area (Å²) in [6.07, 6.45) is 9.68. The molecular weight excluding hydrogens is 642 g/mol. The van der Waals surface area contributed by atoms with Gasteiger partial charge in [0.05, 0.1) is 17.6 Å². The molecule has 6 aromatic rings. The number of carbonyl (C=O) groups is 1. The average Bonchev–Trinajstić information content (AvgIpc) is 3.94. The molecule has 1 saturated heterocycles. The van der Waals surface area contributed by atoms with E-state index in [0.29, 0.717) is 60.3 Å². The van der Waals surface area contributed by atoms with Crippen molar-refractivity contribution in [3.8, 4) is 28.7 Å². The number of rotatable bonds is 9. The number of nitriles is 1. The van der Waals surface area contributed by atoms with Crippen LogP contribution in [0.15, 0.2) is 71.5 Å². The van der Waals surface area contributed by atoms with Crippen LogP contribution in [0.25, 0.3) is 39.3 Å². The number of aliphatic carboxylic acids is 1. The molecule has 0 amide bonds. The summed E-state index contributed by atoms with van der Waals surface area (Å²) in [6, 6.07) is 18.3. The summed E-state index contributed by atoms with van der Waals surface area (Å²) in [7, 11) is 0. The minimum Gasteiger partial charge on any atom is -0.481 e. The van der Waals surface area contributed by atoms with E-state index in [0.717, 1.165) is 76.1 Å². The van der Waals surface area contributed by atoms with Gasteiger partial charge in [0.25, 0.3) is 0 Å². The number of hydrogen-bond acceptors (Lipinski definition) is 9. The number of benzene rings is 3. The van der Waals surface area contributed by atoms with Crippen molar-refractivity contribution < 1.29 is 19.4 Å². The maximum atomic E-state index is 11.5. The third-order valence-electron chi connectivity index (χ3n) is 10.7. The van der Waals surface area contributed by atoms with Crippen molar-refractivity contribution in [1.29, 1.82) is 5.26 Å². The molecule has 8 rings (SSSR count). The van der Waals surface area contributed by atoms with E-state index in [1.54, 1.807) is 6.20 Å². The van der Waals surface area contributed by atoms with Crippen molar-refractivity contribution >= 4 is 34.2 Å². The minimum absolute atomic E-state index is 0.199. The van der Waals surface area contributed by atoms with Gasteiger partial charge >= 0.3 is 5.97 Å². The molecule has 3 aromatic carbocycles. The largest absolute Gasteiger partial charge is 0.481 e. The number of aliphatic hydroxyl groups is 1. The number of imidazole rings is 1. The number of fused-ring (bicyclic) bond motifs is 2. The standard InChI is InChI=1S/C40H39N7O4/c1-23-31(5-3-7-33(23)39-45-35-18-26(15-28(19-41)36(35)51-39)21-46-13-11-27(22-46)40(49)50)32-6-4-8-34(24(32)2)44-37-38-43-20-29(47(38)14-12-42-37)16-25-9-10-30(48)17-25/h3-8,12,14-15,18,20,25,27,30,48H,9-11,13,16-17,21-22H2,1-2H3,(H,42,44)(H,49,50)/t25?,27-,30-/m0/s1. The van der Waals surface area contributed by atoms with Crippen LogP contribution < -0.4 is 5.32 Å². The van der Waals surface area contributed by atoms with E-state index in [-0.39, 0.29) is 12.0 Å². The molecule has 1 aliphatic carbocycles. The first-order valence-electron chi connectivity index (χ1n) is 17.5. The fraction of sp³-hybridized carbons (Fsp3) is 0.325. The normalized spacial score (nSPS) is 19.2. The zero-order valence-electron chi connectivity index (χ0n) is 28.6. The number of hydrogen-bond donors (Lipinski definition) is 3. The zero-order valence-corrected chi connectivity index (χ0v) is 28.6. The second-order valence-electron chi connectivity index (χ2n) is 14.0. The van der Waals surface area contributed by atoms with E-state index < -0.39 is 5.97 Å². The van der Waals surface area contributed by atoms with Crippen LogP contribution >= 0.6 is 0 Å². The highest BCUT2D eigenvalue weighted by Crippen LogP contribution is 2.38. The number of aliphatic hydroxyl groups excluding tert-OH is 1. The second kappa shape index (κ2) is 13.3. The smallest absolute Gasteiger partial charge is 0.307 e. The average molecular weight is 682 g/mol. The SMILES string of the molecule is Cc1c(Nc2nccn3c(CC4CC[C@H](O)C4)cnc23)cccc1-c1cccc(-c2nc3cc(CN4CC[C@H](C(=O)O)C4)cc(C#N)c3o2)c1C. The Bertz CT molecular complexity index is 2340. The van der Waals surface area contributed by atoms with E-state index in [4.69, 9.17) is 14.4 Å². The molecule has 0 bridgehead atoms. The Kier molecular flexibility index (Phi) is 8.50. The lowest BCUT2D eigenvalue weighted by Gasteiger charge is -2.16. The maximum absolute atomic E-state index is 11.5. The van der Waals surface area contributed by atoms with Gasteiger partial charge in [0.2, 0.25) is 5.89 Å². The molecule has 1 aliphatic heterocycles. The summed E-state index contributed by atoms with van der Waals surface area (Å²) in [5.41, 5.74) is 10.1. The van der Waals surface area contributed by atoms with Gasteiger partial charge in [0, 0.05) is 48.6 Å². The summed E-state index contributed by atoms with van der Waals surface area (Å²) in [5.74, 6) is 0.440. The van der Waals surface area contributed by atoms with Crippen molar-refractivity contribution in [3.05, 3.63) is 95.1 Å². The third kappa shape index (κ3) is 6.22. The van der Waals surface area contributed by atoms with Crippen molar-refractivity contribution in [3.63, 3.8) is 0 Å². The van der Waals surface area contributed by atoms with Crippen molar-refractivity contribution in [2.24, 2.45) is 11.8 Å². The van der Waals surface area contributed by atoms with Gasteiger partial charge in [0.15, 0.2) is 17.0 Å². The van der Waals surface area contributed by atoms with Gasteiger partial charge in [-0.1, -0.05) is 24.3 Å². The molecule has 258 valence electrons. The zero-order chi connectivity index (χ0) is 35.2. The van der Waals surface area contributed by atoms with Crippen molar-refractivity contribution in [1.82, 2.24) is 24.3 Å². The number of likely N-dealkylation sites (tertiary alicyclic amines) is 1. The summed E-state index contributed by atoms with van der Waals surface area (Å²) in [4.78, 5) is 27.8. The van der Waals surface area contributed by atoms with Crippen LogP contribution in [0.4, 0.5) is 11.5 Å². The number of carboxylic acid groups (broad SMARTS) is 1. The van der Waals surface area contributed by atoms with Crippen LogP contribution in [0.2, 0.25) is 0 Å². The van der Waals surface area contributed by atoms with E-state index in [1.165, 1.54) is 0 Å². The molecule has 1 saturated carbocycles. The van der Waals surface area contributed by atoms with Gasteiger partial charge in [-0.2, -0.15) is 5.26 Å². The third-order valence-corrected chi connectivity index (χ3v) is 10.7. The van der Waals surface area contributed by atoms with Crippen LogP contribution in [-0.2, 0) is 17.8 Å². The van der Waals surface area contributed by atoms with E-state index in [1.807, 2.05) is 48.8 Å². The molecule has 3 atom stereocenters. The van der Waals surface area contributed by atoms with Gasteiger partial charge in [-0.05, 0) is 110 Å². The van der Waals surface area contributed by atoms with Crippen LogP contribution in [0.1, 0.15) is 53.6 Å². The number of carboxylic acids is 1. The van der Waals surface area contributed by atoms with Crippen LogP contribution in [-0.4, -0.2) is 59.6 Å². The Labute approximate surface area is 295 Å². The van der Waals surface area contributed by atoms with Gasteiger partial charge in [-0.15, -0.1) is 0 Å². The highest BCUT2D eigenvalue weighted by molar-refractivity contribution is 5.86. The number of nitrogens with one attached hydrogen (secondary N) is 1. The fourth-order valence-corrected chi connectivity index (χ4v) is 7.90. The summed E-state index contributed by atoms with van der Waals surface area (Å²) >= 11 is 0. The van der Waals surface area contributed by atoms with E-state index in [2.05, 4.69) is 51.7 Å². The Morgan fingerprint density at radius 2 is 1.86 bits per heavy atom. The molecular formula is C40H39N7O4.